The molecule has 0 spiro atoms. The highest BCUT2D eigenvalue weighted by Gasteiger charge is 2.01. The Morgan fingerprint density at radius 3 is 2.88 bits per heavy atom. The Morgan fingerprint density at radius 1 is 1.24 bits per heavy atom. The van der Waals surface area contributed by atoms with E-state index in [0.717, 1.165) is 19.5 Å². The molecule has 2 aromatic rings. The van der Waals surface area contributed by atoms with Crippen molar-refractivity contribution < 1.29 is 0 Å². The van der Waals surface area contributed by atoms with Gasteiger partial charge in [0.1, 0.15) is 0 Å². The highest BCUT2D eigenvalue weighted by Crippen LogP contribution is 2.18. The van der Waals surface area contributed by atoms with Crippen LogP contribution in [0.4, 0.5) is 0 Å². The maximum absolute atomic E-state index is 3.19. The average molecular weight is 230 g/mol. The molecule has 0 saturated heterocycles. The number of nitrogens with one attached hydrogen (secondary N) is 1. The standard InChI is InChI=1S/C15H22N2/c1-3-10-17-11-8-14-12-13(5-4-9-16-2)6-7-15(14)17/h6-8,11-12,16H,3-5,9-10H2,1-2H3. The van der Waals surface area contributed by atoms with Gasteiger partial charge in [-0.2, -0.15) is 0 Å². The largest absolute Gasteiger partial charge is 0.347 e. The molecule has 0 saturated carbocycles. The van der Waals surface area contributed by atoms with E-state index in [2.05, 4.69) is 47.3 Å². The van der Waals surface area contributed by atoms with Crippen molar-refractivity contribution in [2.75, 3.05) is 13.6 Å². The van der Waals surface area contributed by atoms with Crippen LogP contribution in [0, 0.1) is 0 Å². The smallest absolute Gasteiger partial charge is 0.0480 e. The summed E-state index contributed by atoms with van der Waals surface area (Å²) in [6.07, 6.45) is 5.76. The molecule has 0 fully saturated rings. The molecule has 0 aliphatic rings. The molecule has 0 aliphatic heterocycles. The third-order valence-electron chi connectivity index (χ3n) is 3.19. The Labute approximate surface area is 104 Å². The average Bonchev–Trinajstić information content (AvgIpc) is 2.73. The quantitative estimate of drug-likeness (QED) is 0.754. The molecule has 1 N–H and O–H groups in total. The van der Waals surface area contributed by atoms with E-state index in [4.69, 9.17) is 0 Å². The molecule has 17 heavy (non-hydrogen) atoms. The summed E-state index contributed by atoms with van der Waals surface area (Å²) >= 11 is 0. The molecule has 1 aromatic heterocycles. The van der Waals surface area contributed by atoms with Crippen molar-refractivity contribution in [2.45, 2.75) is 32.7 Å². The predicted octanol–water partition coefficient (Wildman–Crippen LogP) is 3.20. The van der Waals surface area contributed by atoms with Gasteiger partial charge in [0.25, 0.3) is 0 Å². The maximum Gasteiger partial charge on any atom is 0.0480 e. The van der Waals surface area contributed by atoms with E-state index in [9.17, 15) is 0 Å². The first-order chi connectivity index (χ1) is 8.35. The van der Waals surface area contributed by atoms with Crippen LogP contribution in [0.3, 0.4) is 0 Å². The zero-order valence-electron chi connectivity index (χ0n) is 10.9. The third kappa shape index (κ3) is 2.89. The molecule has 1 heterocycles. The van der Waals surface area contributed by atoms with E-state index in [1.165, 1.54) is 29.3 Å². The van der Waals surface area contributed by atoms with Gasteiger partial charge in [0.2, 0.25) is 0 Å². The summed E-state index contributed by atoms with van der Waals surface area (Å²) in [5, 5.41) is 4.57. The Bertz CT molecular complexity index is 471. The molecule has 0 aliphatic carbocycles. The lowest BCUT2D eigenvalue weighted by Gasteiger charge is -2.05. The van der Waals surface area contributed by atoms with Gasteiger partial charge < -0.3 is 9.88 Å². The van der Waals surface area contributed by atoms with Crippen LogP contribution in [-0.4, -0.2) is 18.2 Å². The first-order valence-corrected chi connectivity index (χ1v) is 6.57. The van der Waals surface area contributed by atoms with Crippen LogP contribution in [0.2, 0.25) is 0 Å². The van der Waals surface area contributed by atoms with Crippen LogP contribution in [0.25, 0.3) is 10.9 Å². The van der Waals surface area contributed by atoms with Crippen molar-refractivity contribution in [1.29, 1.82) is 0 Å². The van der Waals surface area contributed by atoms with Crippen molar-refractivity contribution >= 4 is 10.9 Å². The minimum Gasteiger partial charge on any atom is -0.347 e. The minimum absolute atomic E-state index is 1.09. The highest BCUT2D eigenvalue weighted by atomic mass is 14.9. The molecule has 2 rings (SSSR count). The van der Waals surface area contributed by atoms with Gasteiger partial charge in [-0.3, -0.25) is 0 Å². The molecule has 2 nitrogen and oxygen atoms in total. The lowest BCUT2D eigenvalue weighted by molar-refractivity contribution is 0.703. The minimum atomic E-state index is 1.09. The first-order valence-electron chi connectivity index (χ1n) is 6.57. The second-order valence-electron chi connectivity index (χ2n) is 4.61. The van der Waals surface area contributed by atoms with Crippen LogP contribution >= 0.6 is 0 Å². The summed E-state index contributed by atoms with van der Waals surface area (Å²) in [6, 6.07) is 9.09. The van der Waals surface area contributed by atoms with Gasteiger partial charge in [0, 0.05) is 18.3 Å². The number of fused-ring (bicyclic) bond motifs is 1. The van der Waals surface area contributed by atoms with Gasteiger partial charge in [-0.25, -0.2) is 0 Å². The molecule has 0 atom stereocenters. The van der Waals surface area contributed by atoms with Gasteiger partial charge in [-0.05, 0) is 62.0 Å². The van der Waals surface area contributed by atoms with Crippen molar-refractivity contribution in [3.8, 4) is 0 Å². The summed E-state index contributed by atoms with van der Waals surface area (Å²) in [4.78, 5) is 0. The van der Waals surface area contributed by atoms with Crippen molar-refractivity contribution in [3.63, 3.8) is 0 Å². The summed E-state index contributed by atoms with van der Waals surface area (Å²) in [5.41, 5.74) is 2.81. The van der Waals surface area contributed by atoms with Crippen LogP contribution in [0.15, 0.2) is 30.5 Å². The predicted molar refractivity (Wildman–Crippen MR) is 74.5 cm³/mol. The normalized spacial score (nSPS) is 11.2. The fraction of sp³-hybridized carbons (Fsp3) is 0.467. The van der Waals surface area contributed by atoms with Crippen molar-refractivity contribution in [1.82, 2.24) is 9.88 Å². The highest BCUT2D eigenvalue weighted by molar-refractivity contribution is 5.80. The number of hydrogen-bond acceptors (Lipinski definition) is 1. The number of aryl methyl sites for hydroxylation is 2. The number of hydrogen-bond donors (Lipinski definition) is 1. The molecule has 0 amide bonds. The fourth-order valence-corrected chi connectivity index (χ4v) is 2.31. The number of benzene rings is 1. The zero-order valence-corrected chi connectivity index (χ0v) is 10.9. The van der Waals surface area contributed by atoms with E-state index in [-0.39, 0.29) is 0 Å². The van der Waals surface area contributed by atoms with E-state index >= 15 is 0 Å². The molecular weight excluding hydrogens is 208 g/mol. The molecule has 1 aromatic carbocycles. The topological polar surface area (TPSA) is 17.0 Å². The summed E-state index contributed by atoms with van der Waals surface area (Å²) in [6.45, 7) is 4.43. The fourth-order valence-electron chi connectivity index (χ4n) is 2.31. The van der Waals surface area contributed by atoms with Crippen LogP contribution < -0.4 is 5.32 Å². The summed E-state index contributed by atoms with van der Waals surface area (Å²) in [7, 11) is 2.01. The summed E-state index contributed by atoms with van der Waals surface area (Å²) in [5.74, 6) is 0. The van der Waals surface area contributed by atoms with Gasteiger partial charge in [-0.15, -0.1) is 0 Å². The number of nitrogens with zero attached hydrogens (tertiary/aromatic N) is 1. The second kappa shape index (κ2) is 5.87. The summed E-state index contributed by atoms with van der Waals surface area (Å²) < 4.78 is 2.34. The van der Waals surface area contributed by atoms with Crippen molar-refractivity contribution in [2.24, 2.45) is 0 Å². The van der Waals surface area contributed by atoms with Gasteiger partial charge in [-0.1, -0.05) is 13.0 Å². The Morgan fingerprint density at radius 2 is 2.12 bits per heavy atom. The van der Waals surface area contributed by atoms with Gasteiger partial charge in [0.15, 0.2) is 0 Å². The lowest BCUT2D eigenvalue weighted by atomic mass is 10.1. The molecule has 92 valence electrons. The molecule has 0 bridgehead atoms. The van der Waals surface area contributed by atoms with Gasteiger partial charge in [0.05, 0.1) is 0 Å². The first kappa shape index (κ1) is 12.2. The van der Waals surface area contributed by atoms with Gasteiger partial charge >= 0.3 is 0 Å². The molecule has 0 unspecified atom stereocenters. The van der Waals surface area contributed by atoms with E-state index < -0.39 is 0 Å². The molecular formula is C15H22N2. The molecule has 2 heteroatoms. The van der Waals surface area contributed by atoms with Crippen LogP contribution in [0.5, 0.6) is 0 Å². The third-order valence-corrected chi connectivity index (χ3v) is 3.19. The van der Waals surface area contributed by atoms with E-state index in [1.54, 1.807) is 0 Å². The Hall–Kier alpha value is -1.28. The van der Waals surface area contributed by atoms with Crippen molar-refractivity contribution in [3.05, 3.63) is 36.0 Å². The zero-order chi connectivity index (χ0) is 12.1. The maximum atomic E-state index is 3.19. The monoisotopic (exact) mass is 230 g/mol. The second-order valence-corrected chi connectivity index (χ2v) is 4.61. The Balaban J connectivity index is 2.14. The van der Waals surface area contributed by atoms with E-state index in [0.29, 0.717) is 0 Å². The SMILES string of the molecule is CCCn1ccc2cc(CCCNC)ccc21. The Kier molecular flexibility index (Phi) is 4.21. The lowest BCUT2D eigenvalue weighted by Crippen LogP contribution is -2.08. The van der Waals surface area contributed by atoms with Crippen LogP contribution in [0.1, 0.15) is 25.3 Å². The molecule has 0 radical (unpaired) electrons. The van der Waals surface area contributed by atoms with Crippen LogP contribution in [-0.2, 0) is 13.0 Å². The number of rotatable bonds is 6. The number of aromatic nitrogens is 1. The van der Waals surface area contributed by atoms with E-state index in [1.807, 2.05) is 7.05 Å².